The van der Waals surface area contributed by atoms with Crippen LogP contribution in [0.4, 0.5) is 0 Å². The Kier molecular flexibility index (Phi) is 17.4. The molecule has 1 unspecified atom stereocenters. The van der Waals surface area contributed by atoms with E-state index in [1.165, 1.54) is 0 Å². The van der Waals surface area contributed by atoms with Crippen molar-refractivity contribution >= 4 is 29.8 Å². The molecule has 0 aromatic heterocycles. The smallest absolute Gasteiger partial charge is 0.323 e. The van der Waals surface area contributed by atoms with Crippen LogP contribution in [0.15, 0.2) is 0 Å². The molecular weight excluding hydrogens is 598 g/mol. The molecule has 0 bridgehead atoms. The summed E-state index contributed by atoms with van der Waals surface area (Å²) in [6, 6.07) is -0.713. The Hall–Kier alpha value is -2.77. The Labute approximate surface area is 276 Å². The van der Waals surface area contributed by atoms with Crippen molar-refractivity contribution < 1.29 is 47.7 Å². The van der Waals surface area contributed by atoms with Crippen LogP contribution in [-0.4, -0.2) is 132 Å². The molecule has 0 heterocycles. The zero-order valence-electron chi connectivity index (χ0n) is 30.9. The topological polar surface area (TPSA) is 141 Å². The Morgan fingerprint density at radius 1 is 0.500 bits per heavy atom. The lowest BCUT2D eigenvalue weighted by Crippen LogP contribution is -2.50. The Balaban J connectivity index is 6.08. The van der Waals surface area contributed by atoms with Crippen LogP contribution in [0, 0.1) is 0 Å². The van der Waals surface area contributed by atoms with E-state index in [9.17, 15) is 24.0 Å². The van der Waals surface area contributed by atoms with Crippen LogP contribution in [0.3, 0.4) is 0 Å². The van der Waals surface area contributed by atoms with Crippen LogP contribution in [0.25, 0.3) is 0 Å². The van der Waals surface area contributed by atoms with Gasteiger partial charge in [0.05, 0.1) is 32.8 Å². The molecule has 0 aromatic rings. The Morgan fingerprint density at radius 2 is 0.761 bits per heavy atom. The molecule has 0 amide bonds. The number of ether oxygens (including phenoxy) is 5. The summed E-state index contributed by atoms with van der Waals surface area (Å²) in [5.74, 6) is -2.51. The molecule has 0 spiro atoms. The molecule has 0 radical (unpaired) electrons. The molecule has 0 rings (SSSR count). The highest BCUT2D eigenvalue weighted by molar-refractivity contribution is 5.76. The van der Waals surface area contributed by atoms with Crippen molar-refractivity contribution in [2.45, 2.75) is 125 Å². The number of nitrogens with zero attached hydrogens (tertiary/aromatic N) is 3. The van der Waals surface area contributed by atoms with E-state index in [0.717, 1.165) is 0 Å². The normalized spacial score (nSPS) is 13.4. The molecule has 0 saturated carbocycles. The first-order valence-electron chi connectivity index (χ1n) is 15.9. The van der Waals surface area contributed by atoms with Crippen molar-refractivity contribution in [3.8, 4) is 0 Å². The third-order valence-corrected chi connectivity index (χ3v) is 5.67. The minimum absolute atomic E-state index is 0.179. The van der Waals surface area contributed by atoms with Gasteiger partial charge >= 0.3 is 29.8 Å². The standard InChI is InChI=1S/C33H61N3O10/c1-15-42-29(41)24(2)36(18-16-34(20-25(37)43-30(3,4)5)21-26(38)44-31(6,7)8)19-17-35(22-27(39)45-32(9,10)11)23-28(40)46-33(12,13)14/h24H,15-23H2,1-14H3. The lowest BCUT2D eigenvalue weighted by atomic mass is 10.2. The second kappa shape index (κ2) is 18.5. The highest BCUT2D eigenvalue weighted by atomic mass is 16.6. The third kappa shape index (κ3) is 22.7. The van der Waals surface area contributed by atoms with Crippen LogP contribution in [0.1, 0.15) is 96.9 Å². The average molecular weight is 660 g/mol. The number of hydrogen-bond acceptors (Lipinski definition) is 13. The molecule has 0 aromatic carbocycles. The van der Waals surface area contributed by atoms with Crippen molar-refractivity contribution in [3.63, 3.8) is 0 Å². The number of rotatable bonds is 17. The fraction of sp³-hybridized carbons (Fsp3) is 0.848. The van der Waals surface area contributed by atoms with Gasteiger partial charge in [-0.05, 0) is 96.9 Å². The quantitative estimate of drug-likeness (QED) is 0.167. The summed E-state index contributed by atoms with van der Waals surface area (Å²) in [5, 5.41) is 0. The van der Waals surface area contributed by atoms with Gasteiger partial charge in [0.25, 0.3) is 0 Å². The molecule has 1 atom stereocenters. The lowest BCUT2D eigenvalue weighted by molar-refractivity contribution is -0.162. The van der Waals surface area contributed by atoms with Crippen molar-refractivity contribution in [2.24, 2.45) is 0 Å². The van der Waals surface area contributed by atoms with Gasteiger partial charge < -0.3 is 23.7 Å². The Morgan fingerprint density at radius 3 is 0.978 bits per heavy atom. The molecule has 13 nitrogen and oxygen atoms in total. The van der Waals surface area contributed by atoms with E-state index >= 15 is 0 Å². The van der Waals surface area contributed by atoms with Crippen molar-refractivity contribution in [3.05, 3.63) is 0 Å². The monoisotopic (exact) mass is 659 g/mol. The predicted octanol–water partition coefficient (Wildman–Crippen LogP) is 3.21. The summed E-state index contributed by atoms with van der Waals surface area (Å²) < 4.78 is 27.2. The largest absolute Gasteiger partial charge is 0.465 e. The van der Waals surface area contributed by atoms with Crippen LogP contribution >= 0.6 is 0 Å². The fourth-order valence-corrected chi connectivity index (χ4v) is 4.10. The van der Waals surface area contributed by atoms with Crippen LogP contribution in [0.5, 0.6) is 0 Å². The van der Waals surface area contributed by atoms with Crippen LogP contribution in [0.2, 0.25) is 0 Å². The Bertz CT molecular complexity index is 875. The van der Waals surface area contributed by atoms with E-state index < -0.39 is 58.3 Å². The number of carbonyl (C=O) groups excluding carboxylic acids is 5. The van der Waals surface area contributed by atoms with Crippen LogP contribution < -0.4 is 0 Å². The number of carbonyl (C=O) groups is 5. The first kappa shape index (κ1) is 43.2. The van der Waals surface area contributed by atoms with Gasteiger partial charge in [-0.3, -0.25) is 38.7 Å². The van der Waals surface area contributed by atoms with Gasteiger partial charge in [-0.25, -0.2) is 0 Å². The van der Waals surface area contributed by atoms with E-state index in [-0.39, 0.29) is 59.0 Å². The molecule has 0 saturated heterocycles. The molecule has 46 heavy (non-hydrogen) atoms. The first-order valence-corrected chi connectivity index (χ1v) is 15.9. The molecule has 268 valence electrons. The summed E-state index contributed by atoms with van der Waals surface area (Å²) in [7, 11) is 0. The van der Waals surface area contributed by atoms with Crippen molar-refractivity contribution in [1.29, 1.82) is 0 Å². The zero-order chi connectivity index (χ0) is 36.1. The lowest BCUT2D eigenvalue weighted by Gasteiger charge is -2.33. The average Bonchev–Trinajstić information content (AvgIpc) is 2.78. The zero-order valence-corrected chi connectivity index (χ0v) is 30.9. The van der Waals surface area contributed by atoms with E-state index in [1.54, 1.807) is 107 Å². The minimum atomic E-state index is -0.717. The summed E-state index contributed by atoms with van der Waals surface area (Å²) in [4.78, 5) is 68.8. The van der Waals surface area contributed by atoms with E-state index in [4.69, 9.17) is 23.7 Å². The summed E-state index contributed by atoms with van der Waals surface area (Å²) in [6.45, 7) is 24.8. The van der Waals surface area contributed by atoms with Gasteiger partial charge in [0.2, 0.25) is 0 Å². The van der Waals surface area contributed by atoms with Gasteiger partial charge in [-0.15, -0.1) is 0 Å². The molecule has 0 aliphatic rings. The highest BCUT2D eigenvalue weighted by Crippen LogP contribution is 2.13. The van der Waals surface area contributed by atoms with Gasteiger partial charge in [-0.2, -0.15) is 0 Å². The third-order valence-electron chi connectivity index (χ3n) is 5.67. The second-order valence-electron chi connectivity index (χ2n) is 15.2. The first-order chi connectivity index (χ1) is 20.7. The van der Waals surface area contributed by atoms with E-state index in [2.05, 4.69) is 0 Å². The molecule has 0 aliphatic heterocycles. The van der Waals surface area contributed by atoms with Gasteiger partial charge in [0.15, 0.2) is 0 Å². The molecule has 0 fully saturated rings. The highest BCUT2D eigenvalue weighted by Gasteiger charge is 2.29. The SMILES string of the molecule is CCOC(=O)C(C)N(CCN(CC(=O)OC(C)(C)C)CC(=O)OC(C)(C)C)CCN(CC(=O)OC(C)(C)C)CC(=O)OC(C)(C)C. The van der Waals surface area contributed by atoms with Gasteiger partial charge in [-0.1, -0.05) is 0 Å². The van der Waals surface area contributed by atoms with Crippen LogP contribution in [-0.2, 0) is 47.7 Å². The van der Waals surface area contributed by atoms with E-state index in [1.807, 2.05) is 4.90 Å². The summed E-state index contributed by atoms with van der Waals surface area (Å²) >= 11 is 0. The summed E-state index contributed by atoms with van der Waals surface area (Å²) in [5.41, 5.74) is -2.87. The second-order valence-corrected chi connectivity index (χ2v) is 15.2. The van der Waals surface area contributed by atoms with Crippen molar-refractivity contribution in [2.75, 3.05) is 59.0 Å². The fourth-order valence-electron chi connectivity index (χ4n) is 4.10. The minimum Gasteiger partial charge on any atom is -0.465 e. The van der Waals surface area contributed by atoms with Crippen molar-refractivity contribution in [1.82, 2.24) is 14.7 Å². The molecule has 0 N–H and O–H groups in total. The number of hydrogen-bond donors (Lipinski definition) is 0. The maximum Gasteiger partial charge on any atom is 0.323 e. The van der Waals surface area contributed by atoms with E-state index in [0.29, 0.717) is 0 Å². The number of esters is 5. The molecule has 13 heteroatoms. The summed E-state index contributed by atoms with van der Waals surface area (Å²) in [6.07, 6.45) is 0. The maximum absolute atomic E-state index is 12.8. The van der Waals surface area contributed by atoms with Gasteiger partial charge in [0.1, 0.15) is 28.4 Å². The van der Waals surface area contributed by atoms with Gasteiger partial charge in [0, 0.05) is 26.2 Å². The predicted molar refractivity (Wildman–Crippen MR) is 174 cm³/mol. The molecular formula is C33H61N3O10. The maximum atomic E-state index is 12.8. The molecule has 0 aliphatic carbocycles.